The maximum absolute atomic E-state index is 12.7. The summed E-state index contributed by atoms with van der Waals surface area (Å²) >= 11 is 5.58. The molecule has 0 atom stereocenters. The number of hydrogen-bond acceptors (Lipinski definition) is 2. The quantitative estimate of drug-likeness (QED) is 0.683. The van der Waals surface area contributed by atoms with E-state index in [4.69, 9.17) is 11.6 Å². The lowest BCUT2D eigenvalue weighted by atomic mass is 10.1. The van der Waals surface area contributed by atoms with Gasteiger partial charge in [0.2, 0.25) is 5.91 Å². The van der Waals surface area contributed by atoms with Crippen LogP contribution >= 0.6 is 11.6 Å². The minimum atomic E-state index is -4.48. The molecule has 7 heteroatoms. The standard InChI is InChI=1S/C12H12ClF3N2O/c1-8(19)17-5-3-2-4-9-6-11(13)18-7-10(9)12(14,15)16/h2,4,6-7H,3,5H2,1H3,(H,17,19). The highest BCUT2D eigenvalue weighted by atomic mass is 35.5. The molecule has 1 aromatic heterocycles. The van der Waals surface area contributed by atoms with Crippen LogP contribution in [0.25, 0.3) is 6.08 Å². The summed E-state index contributed by atoms with van der Waals surface area (Å²) in [5.41, 5.74) is -0.886. The molecule has 0 fully saturated rings. The van der Waals surface area contributed by atoms with E-state index in [0.29, 0.717) is 19.2 Å². The molecule has 0 saturated heterocycles. The van der Waals surface area contributed by atoms with Crippen molar-refractivity contribution in [2.24, 2.45) is 0 Å². The summed E-state index contributed by atoms with van der Waals surface area (Å²) in [5, 5.41) is 2.53. The van der Waals surface area contributed by atoms with Gasteiger partial charge in [-0.1, -0.05) is 23.8 Å². The first-order valence-electron chi connectivity index (χ1n) is 5.44. The van der Waals surface area contributed by atoms with Crippen LogP contribution in [-0.2, 0) is 11.0 Å². The maximum Gasteiger partial charge on any atom is 0.418 e. The summed E-state index contributed by atoms with van der Waals surface area (Å²) < 4.78 is 38.1. The van der Waals surface area contributed by atoms with E-state index in [1.54, 1.807) is 0 Å². The monoisotopic (exact) mass is 292 g/mol. The lowest BCUT2D eigenvalue weighted by Crippen LogP contribution is -2.20. The summed E-state index contributed by atoms with van der Waals surface area (Å²) in [5.74, 6) is -0.184. The number of amides is 1. The minimum Gasteiger partial charge on any atom is -0.356 e. The van der Waals surface area contributed by atoms with Gasteiger partial charge in [0.05, 0.1) is 5.56 Å². The fraction of sp³-hybridized carbons (Fsp3) is 0.333. The number of halogens is 4. The zero-order valence-electron chi connectivity index (χ0n) is 10.1. The number of alkyl halides is 3. The number of nitrogens with zero attached hydrogens (tertiary/aromatic N) is 1. The third kappa shape index (κ3) is 5.30. The number of carbonyl (C=O) groups excluding carboxylic acids is 1. The second kappa shape index (κ2) is 6.56. The van der Waals surface area contributed by atoms with Crippen LogP contribution in [0.15, 0.2) is 18.3 Å². The predicted octanol–water partition coefficient (Wildman–Crippen LogP) is 3.29. The van der Waals surface area contributed by atoms with Crippen LogP contribution in [0.3, 0.4) is 0 Å². The molecule has 0 aliphatic heterocycles. The Hall–Kier alpha value is -1.56. The molecular formula is C12H12ClF3N2O. The van der Waals surface area contributed by atoms with Crippen molar-refractivity contribution in [1.82, 2.24) is 10.3 Å². The lowest BCUT2D eigenvalue weighted by Gasteiger charge is -2.09. The van der Waals surface area contributed by atoms with E-state index in [0.717, 1.165) is 6.07 Å². The van der Waals surface area contributed by atoms with Gasteiger partial charge >= 0.3 is 6.18 Å². The number of pyridine rings is 1. The normalized spacial score (nSPS) is 11.8. The van der Waals surface area contributed by atoms with Gasteiger partial charge in [-0.15, -0.1) is 0 Å². The molecule has 1 amide bonds. The highest BCUT2D eigenvalue weighted by Crippen LogP contribution is 2.32. The van der Waals surface area contributed by atoms with Crippen LogP contribution in [-0.4, -0.2) is 17.4 Å². The highest BCUT2D eigenvalue weighted by molar-refractivity contribution is 6.29. The lowest BCUT2D eigenvalue weighted by molar-refractivity contribution is -0.138. The van der Waals surface area contributed by atoms with Gasteiger partial charge < -0.3 is 5.32 Å². The van der Waals surface area contributed by atoms with Gasteiger partial charge in [0.15, 0.2) is 0 Å². The predicted molar refractivity (Wildman–Crippen MR) is 66.6 cm³/mol. The Bertz CT molecular complexity index is 486. The van der Waals surface area contributed by atoms with Crippen LogP contribution in [0.4, 0.5) is 13.2 Å². The molecule has 1 N–H and O–H groups in total. The number of rotatable bonds is 4. The van der Waals surface area contributed by atoms with Crippen molar-refractivity contribution in [2.45, 2.75) is 19.5 Å². The third-order valence-electron chi connectivity index (χ3n) is 2.19. The number of nitrogens with one attached hydrogen (secondary N) is 1. The molecule has 19 heavy (non-hydrogen) atoms. The van der Waals surface area contributed by atoms with E-state index in [-0.39, 0.29) is 16.6 Å². The fourth-order valence-corrected chi connectivity index (χ4v) is 1.53. The van der Waals surface area contributed by atoms with E-state index in [2.05, 4.69) is 10.3 Å². The van der Waals surface area contributed by atoms with E-state index >= 15 is 0 Å². The first-order valence-corrected chi connectivity index (χ1v) is 5.82. The average molecular weight is 293 g/mol. The van der Waals surface area contributed by atoms with Gasteiger partial charge in [-0.3, -0.25) is 4.79 Å². The van der Waals surface area contributed by atoms with Gasteiger partial charge in [-0.05, 0) is 18.1 Å². The summed E-state index contributed by atoms with van der Waals surface area (Å²) in [6.07, 6.45) is -0.490. The second-order valence-electron chi connectivity index (χ2n) is 3.77. The van der Waals surface area contributed by atoms with Crippen molar-refractivity contribution in [1.29, 1.82) is 0 Å². The molecule has 0 unspecified atom stereocenters. The topological polar surface area (TPSA) is 42.0 Å². The molecule has 0 bridgehead atoms. The molecule has 0 radical (unpaired) electrons. The van der Waals surface area contributed by atoms with Crippen molar-refractivity contribution >= 4 is 23.6 Å². The highest BCUT2D eigenvalue weighted by Gasteiger charge is 2.33. The fourth-order valence-electron chi connectivity index (χ4n) is 1.36. The minimum absolute atomic E-state index is 0.00508. The Labute approximate surface area is 113 Å². The Balaban J connectivity index is 2.79. The molecule has 3 nitrogen and oxygen atoms in total. The van der Waals surface area contributed by atoms with Crippen molar-refractivity contribution in [3.63, 3.8) is 0 Å². The summed E-state index contributed by atoms with van der Waals surface area (Å²) in [4.78, 5) is 14.0. The van der Waals surface area contributed by atoms with Crippen LogP contribution in [0.5, 0.6) is 0 Å². The molecule has 0 aromatic carbocycles. The van der Waals surface area contributed by atoms with E-state index < -0.39 is 11.7 Å². The molecule has 1 rings (SSSR count). The number of hydrogen-bond donors (Lipinski definition) is 1. The SMILES string of the molecule is CC(=O)NCCC=Cc1cc(Cl)ncc1C(F)(F)F. The summed E-state index contributed by atoms with van der Waals surface area (Å²) in [7, 11) is 0. The van der Waals surface area contributed by atoms with Crippen molar-refractivity contribution in [3.8, 4) is 0 Å². The molecule has 0 aliphatic rings. The summed E-state index contributed by atoms with van der Waals surface area (Å²) in [6.45, 7) is 1.74. The van der Waals surface area contributed by atoms with Gasteiger partial charge in [0.1, 0.15) is 5.15 Å². The smallest absolute Gasteiger partial charge is 0.356 e. The van der Waals surface area contributed by atoms with Crippen molar-refractivity contribution in [3.05, 3.63) is 34.6 Å². The zero-order valence-corrected chi connectivity index (χ0v) is 10.8. The molecular weight excluding hydrogens is 281 g/mol. The largest absolute Gasteiger partial charge is 0.418 e. The Morgan fingerprint density at radius 2 is 2.21 bits per heavy atom. The van der Waals surface area contributed by atoms with E-state index in [1.807, 2.05) is 0 Å². The van der Waals surface area contributed by atoms with Gasteiger partial charge in [0, 0.05) is 19.7 Å². The Morgan fingerprint density at radius 3 is 2.79 bits per heavy atom. The first-order chi connectivity index (χ1) is 8.80. The second-order valence-corrected chi connectivity index (χ2v) is 4.15. The molecule has 0 saturated carbocycles. The molecule has 1 aromatic rings. The van der Waals surface area contributed by atoms with Crippen LogP contribution in [0, 0.1) is 0 Å². The average Bonchev–Trinajstić information content (AvgIpc) is 2.26. The maximum atomic E-state index is 12.7. The van der Waals surface area contributed by atoms with E-state index in [1.165, 1.54) is 19.1 Å². The van der Waals surface area contributed by atoms with Crippen LogP contribution in [0.2, 0.25) is 5.15 Å². The zero-order chi connectivity index (χ0) is 14.5. The first kappa shape index (κ1) is 15.5. The van der Waals surface area contributed by atoms with E-state index in [9.17, 15) is 18.0 Å². The van der Waals surface area contributed by atoms with Gasteiger partial charge in [-0.25, -0.2) is 4.98 Å². The summed E-state index contributed by atoms with van der Waals surface area (Å²) in [6, 6.07) is 1.15. The van der Waals surface area contributed by atoms with Crippen molar-refractivity contribution < 1.29 is 18.0 Å². The van der Waals surface area contributed by atoms with Gasteiger partial charge in [0.25, 0.3) is 0 Å². The van der Waals surface area contributed by atoms with Crippen molar-refractivity contribution in [2.75, 3.05) is 6.54 Å². The van der Waals surface area contributed by atoms with Gasteiger partial charge in [-0.2, -0.15) is 13.2 Å². The Kier molecular flexibility index (Phi) is 5.35. The molecule has 0 aliphatic carbocycles. The van der Waals surface area contributed by atoms with Crippen LogP contribution < -0.4 is 5.32 Å². The van der Waals surface area contributed by atoms with Crippen LogP contribution in [0.1, 0.15) is 24.5 Å². The number of aromatic nitrogens is 1. The Morgan fingerprint density at radius 1 is 1.53 bits per heavy atom. The molecule has 104 valence electrons. The third-order valence-corrected chi connectivity index (χ3v) is 2.40. The molecule has 0 spiro atoms. The number of carbonyl (C=O) groups is 1. The molecule has 1 heterocycles.